The van der Waals surface area contributed by atoms with E-state index in [0.717, 1.165) is 25.7 Å². The lowest BCUT2D eigenvalue weighted by molar-refractivity contribution is -0.140. The summed E-state index contributed by atoms with van der Waals surface area (Å²) in [5, 5.41) is 14.7. The van der Waals surface area contributed by atoms with Crippen molar-refractivity contribution in [2.24, 2.45) is 17.8 Å². The zero-order valence-electron chi connectivity index (χ0n) is 13.0. The Morgan fingerprint density at radius 3 is 2.40 bits per heavy atom. The second-order valence-electron chi connectivity index (χ2n) is 6.03. The van der Waals surface area contributed by atoms with Crippen LogP contribution in [0.1, 0.15) is 53.4 Å². The molecule has 5 nitrogen and oxygen atoms in total. The molecule has 0 saturated heterocycles. The second kappa shape index (κ2) is 7.50. The van der Waals surface area contributed by atoms with E-state index < -0.39 is 12.0 Å². The monoisotopic (exact) mass is 284 g/mol. The van der Waals surface area contributed by atoms with E-state index in [4.69, 9.17) is 0 Å². The topological polar surface area (TPSA) is 78.4 Å². The number of carboxylic acid groups (broad SMARTS) is 1. The van der Waals surface area contributed by atoms with Gasteiger partial charge in [-0.3, -0.25) is 0 Å². The van der Waals surface area contributed by atoms with E-state index in [1.807, 2.05) is 13.8 Å². The number of carboxylic acids is 1. The van der Waals surface area contributed by atoms with Crippen LogP contribution >= 0.6 is 0 Å². The van der Waals surface area contributed by atoms with Gasteiger partial charge in [0.2, 0.25) is 0 Å². The van der Waals surface area contributed by atoms with Crippen LogP contribution in [0.15, 0.2) is 0 Å². The number of hydrogen-bond donors (Lipinski definition) is 3. The van der Waals surface area contributed by atoms with Gasteiger partial charge in [0, 0.05) is 6.04 Å². The molecule has 2 amide bonds. The summed E-state index contributed by atoms with van der Waals surface area (Å²) in [6, 6.07) is -1.02. The summed E-state index contributed by atoms with van der Waals surface area (Å²) in [7, 11) is 0. The Morgan fingerprint density at radius 2 is 1.95 bits per heavy atom. The molecule has 1 aliphatic carbocycles. The molecule has 0 heterocycles. The molecule has 0 bridgehead atoms. The van der Waals surface area contributed by atoms with Crippen LogP contribution in [0, 0.1) is 17.8 Å². The minimum absolute atomic E-state index is 0.0809. The van der Waals surface area contributed by atoms with Crippen molar-refractivity contribution in [1.82, 2.24) is 10.6 Å². The van der Waals surface area contributed by atoms with Crippen LogP contribution in [0.2, 0.25) is 0 Å². The second-order valence-corrected chi connectivity index (χ2v) is 6.03. The van der Waals surface area contributed by atoms with E-state index in [0.29, 0.717) is 11.8 Å². The Morgan fingerprint density at radius 1 is 1.30 bits per heavy atom. The lowest BCUT2D eigenvalue weighted by atomic mass is 9.93. The van der Waals surface area contributed by atoms with Gasteiger partial charge in [-0.2, -0.15) is 0 Å². The first kappa shape index (κ1) is 16.8. The van der Waals surface area contributed by atoms with Crippen LogP contribution in [0.3, 0.4) is 0 Å². The number of amides is 2. The van der Waals surface area contributed by atoms with Gasteiger partial charge in [0.1, 0.15) is 6.04 Å². The smallest absolute Gasteiger partial charge is 0.326 e. The fourth-order valence-electron chi connectivity index (χ4n) is 3.06. The standard InChI is InChI=1S/C15H28N2O3/c1-5-9(3)13(14(18)19)17-15(20)16-12-8-7-11(6-2)10(12)4/h9-13H,5-8H2,1-4H3,(H,18,19)(H2,16,17,20)/t9?,10?,11?,12?,13-/m0/s1. The van der Waals surface area contributed by atoms with Crippen LogP contribution in [0.5, 0.6) is 0 Å². The number of nitrogens with one attached hydrogen (secondary N) is 2. The molecule has 0 aromatic rings. The normalized spacial score (nSPS) is 28.7. The maximum atomic E-state index is 12.0. The van der Waals surface area contributed by atoms with E-state index in [9.17, 15) is 14.7 Å². The minimum Gasteiger partial charge on any atom is -0.480 e. The highest BCUT2D eigenvalue weighted by atomic mass is 16.4. The highest BCUT2D eigenvalue weighted by molar-refractivity contribution is 5.82. The van der Waals surface area contributed by atoms with Crippen molar-refractivity contribution in [3.8, 4) is 0 Å². The number of aliphatic carboxylic acids is 1. The van der Waals surface area contributed by atoms with Gasteiger partial charge in [-0.1, -0.05) is 40.5 Å². The highest BCUT2D eigenvalue weighted by Gasteiger charge is 2.33. The third kappa shape index (κ3) is 4.12. The van der Waals surface area contributed by atoms with Gasteiger partial charge in [0.05, 0.1) is 0 Å². The summed E-state index contributed by atoms with van der Waals surface area (Å²) >= 11 is 0. The van der Waals surface area contributed by atoms with Crippen molar-refractivity contribution in [3.05, 3.63) is 0 Å². The molecule has 1 saturated carbocycles. The number of hydrogen-bond acceptors (Lipinski definition) is 2. The van der Waals surface area contributed by atoms with E-state index in [-0.39, 0.29) is 18.0 Å². The Bertz CT molecular complexity index is 346. The third-order valence-corrected chi connectivity index (χ3v) is 4.83. The average Bonchev–Trinajstić information content (AvgIpc) is 2.75. The summed E-state index contributed by atoms with van der Waals surface area (Å²) in [5.74, 6) is 0.0609. The maximum absolute atomic E-state index is 12.0. The maximum Gasteiger partial charge on any atom is 0.326 e. The lowest BCUT2D eigenvalue weighted by Gasteiger charge is -2.24. The largest absolute Gasteiger partial charge is 0.480 e. The molecule has 5 atom stereocenters. The lowest BCUT2D eigenvalue weighted by Crippen LogP contribution is -2.52. The van der Waals surface area contributed by atoms with E-state index in [1.165, 1.54) is 0 Å². The number of carbonyl (C=O) groups is 2. The predicted molar refractivity (Wildman–Crippen MR) is 78.5 cm³/mol. The van der Waals surface area contributed by atoms with Gasteiger partial charge in [0.25, 0.3) is 0 Å². The van der Waals surface area contributed by atoms with Gasteiger partial charge in [-0.05, 0) is 30.6 Å². The Hall–Kier alpha value is -1.26. The molecule has 116 valence electrons. The van der Waals surface area contributed by atoms with Crippen molar-refractivity contribution in [2.75, 3.05) is 0 Å². The van der Waals surface area contributed by atoms with Crippen molar-refractivity contribution >= 4 is 12.0 Å². The van der Waals surface area contributed by atoms with Crippen LogP contribution in [-0.4, -0.2) is 29.2 Å². The Kier molecular flexibility index (Phi) is 6.30. The highest BCUT2D eigenvalue weighted by Crippen LogP contribution is 2.33. The van der Waals surface area contributed by atoms with Crippen molar-refractivity contribution < 1.29 is 14.7 Å². The van der Waals surface area contributed by atoms with E-state index >= 15 is 0 Å². The summed E-state index contributed by atoms with van der Waals surface area (Å²) in [6.07, 6.45) is 3.96. The molecule has 4 unspecified atom stereocenters. The summed E-state index contributed by atoms with van der Waals surface area (Å²) in [6.45, 7) is 8.10. The molecule has 0 aliphatic heterocycles. The SMILES string of the molecule is CCC1CCC(NC(=O)N[C@H](C(=O)O)C(C)CC)C1C. The predicted octanol–water partition coefficient (Wildman–Crippen LogP) is 2.61. The number of urea groups is 1. The van der Waals surface area contributed by atoms with Crippen LogP contribution in [0.4, 0.5) is 4.79 Å². The number of rotatable bonds is 6. The third-order valence-electron chi connectivity index (χ3n) is 4.83. The number of carbonyl (C=O) groups excluding carboxylic acids is 1. The summed E-state index contributed by atoms with van der Waals surface area (Å²) in [5.41, 5.74) is 0. The van der Waals surface area contributed by atoms with Crippen molar-refractivity contribution in [3.63, 3.8) is 0 Å². The summed E-state index contributed by atoms with van der Waals surface area (Å²) < 4.78 is 0. The molecular formula is C15H28N2O3. The molecule has 0 spiro atoms. The first-order chi connectivity index (χ1) is 9.40. The molecule has 3 N–H and O–H groups in total. The molecule has 1 fully saturated rings. The van der Waals surface area contributed by atoms with E-state index in [1.54, 1.807) is 0 Å². The van der Waals surface area contributed by atoms with Gasteiger partial charge in [-0.25, -0.2) is 9.59 Å². The average molecular weight is 284 g/mol. The van der Waals surface area contributed by atoms with Crippen LogP contribution < -0.4 is 10.6 Å². The van der Waals surface area contributed by atoms with Crippen molar-refractivity contribution in [1.29, 1.82) is 0 Å². The molecule has 1 aliphatic rings. The fourth-order valence-corrected chi connectivity index (χ4v) is 3.06. The molecule has 0 aromatic carbocycles. The first-order valence-corrected chi connectivity index (χ1v) is 7.70. The molecule has 0 aromatic heterocycles. The quantitative estimate of drug-likeness (QED) is 0.701. The Balaban J connectivity index is 2.52. The minimum atomic E-state index is -0.972. The van der Waals surface area contributed by atoms with Crippen molar-refractivity contribution in [2.45, 2.75) is 65.5 Å². The van der Waals surface area contributed by atoms with Gasteiger partial charge < -0.3 is 15.7 Å². The summed E-state index contributed by atoms with van der Waals surface area (Å²) in [4.78, 5) is 23.2. The Labute approximate surface area is 121 Å². The first-order valence-electron chi connectivity index (χ1n) is 7.70. The van der Waals surface area contributed by atoms with Gasteiger partial charge in [0.15, 0.2) is 0 Å². The molecule has 5 heteroatoms. The van der Waals surface area contributed by atoms with Crippen LogP contribution in [-0.2, 0) is 4.79 Å². The molecule has 20 heavy (non-hydrogen) atoms. The fraction of sp³-hybridized carbons (Fsp3) is 0.867. The molecular weight excluding hydrogens is 256 g/mol. The van der Waals surface area contributed by atoms with Gasteiger partial charge in [-0.15, -0.1) is 0 Å². The zero-order chi connectivity index (χ0) is 15.3. The van der Waals surface area contributed by atoms with E-state index in [2.05, 4.69) is 24.5 Å². The molecule has 1 rings (SSSR count). The van der Waals surface area contributed by atoms with Crippen LogP contribution in [0.25, 0.3) is 0 Å². The van der Waals surface area contributed by atoms with Gasteiger partial charge >= 0.3 is 12.0 Å². The zero-order valence-corrected chi connectivity index (χ0v) is 13.0. The molecule has 0 radical (unpaired) electrons.